The van der Waals surface area contributed by atoms with Crippen LogP contribution in [0.1, 0.15) is 6.42 Å². The van der Waals surface area contributed by atoms with E-state index in [9.17, 15) is 8.42 Å². The van der Waals surface area contributed by atoms with E-state index in [0.29, 0.717) is 26.2 Å². The molecule has 0 bridgehead atoms. The van der Waals surface area contributed by atoms with Crippen LogP contribution in [0, 0.1) is 0 Å². The molecule has 1 aromatic heterocycles. The summed E-state index contributed by atoms with van der Waals surface area (Å²) in [4.78, 5) is 6.01. The minimum atomic E-state index is -3.68. The summed E-state index contributed by atoms with van der Waals surface area (Å²) >= 11 is 0. The minimum Gasteiger partial charge on any atom is -0.395 e. The molecule has 0 amide bonds. The summed E-state index contributed by atoms with van der Waals surface area (Å²) in [5.74, 6) is 5.36. The predicted octanol–water partition coefficient (Wildman–Crippen LogP) is -0.944. The minimum absolute atomic E-state index is 0.0527. The molecule has 0 saturated carbocycles. The highest BCUT2D eigenvalue weighted by atomic mass is 32.2. The van der Waals surface area contributed by atoms with Gasteiger partial charge in [-0.25, -0.2) is 13.4 Å². The summed E-state index contributed by atoms with van der Waals surface area (Å²) in [5.41, 5.74) is 2.66. The van der Waals surface area contributed by atoms with Crippen LogP contribution in [-0.2, 0) is 10.0 Å². The predicted molar refractivity (Wildman–Crippen MR) is 78.9 cm³/mol. The molecule has 0 unspecified atom stereocenters. The topological polar surface area (TPSA) is 112 Å². The number of pyridine rings is 1. The van der Waals surface area contributed by atoms with E-state index in [4.69, 9.17) is 10.9 Å². The Bertz CT molecular complexity index is 566. The lowest BCUT2D eigenvalue weighted by Crippen LogP contribution is -2.36. The van der Waals surface area contributed by atoms with Gasteiger partial charge in [0.2, 0.25) is 0 Å². The van der Waals surface area contributed by atoms with Crippen molar-refractivity contribution in [3.8, 4) is 0 Å². The molecule has 1 aromatic rings. The number of hydrogen-bond acceptors (Lipinski definition) is 7. The number of hydrogen-bond donors (Lipinski definition) is 3. The fourth-order valence-electron chi connectivity index (χ4n) is 2.38. The lowest BCUT2D eigenvalue weighted by molar-refractivity contribution is 0.202. The second kappa shape index (κ2) is 7.14. The van der Waals surface area contributed by atoms with E-state index in [-0.39, 0.29) is 17.3 Å². The molecule has 1 aliphatic heterocycles. The molecule has 0 spiro atoms. The van der Waals surface area contributed by atoms with Gasteiger partial charge in [0, 0.05) is 32.4 Å². The first-order valence-corrected chi connectivity index (χ1v) is 8.28. The summed E-state index contributed by atoms with van der Waals surface area (Å²) in [6.45, 7) is 2.82. The van der Waals surface area contributed by atoms with Crippen molar-refractivity contribution in [1.82, 2.24) is 14.2 Å². The summed E-state index contributed by atoms with van der Waals surface area (Å²) < 4.78 is 26.8. The standard InChI is InChI=1S/C12H21N5O3S/c13-15-11-3-1-4-14-12(11)21(19,20)17-6-2-5-16(7-8-17)9-10-18/h1,3-4,15,18H,2,5-10,13H2. The van der Waals surface area contributed by atoms with E-state index < -0.39 is 10.0 Å². The molecule has 1 aliphatic rings. The van der Waals surface area contributed by atoms with Crippen LogP contribution >= 0.6 is 0 Å². The number of nitrogen functional groups attached to an aromatic ring is 1. The van der Waals surface area contributed by atoms with Crippen molar-refractivity contribution < 1.29 is 13.5 Å². The van der Waals surface area contributed by atoms with E-state index in [0.717, 1.165) is 13.0 Å². The molecule has 2 heterocycles. The highest BCUT2D eigenvalue weighted by Crippen LogP contribution is 2.22. The molecule has 0 atom stereocenters. The van der Waals surface area contributed by atoms with Gasteiger partial charge in [-0.15, -0.1) is 0 Å². The van der Waals surface area contributed by atoms with Crippen LogP contribution in [0.4, 0.5) is 5.69 Å². The van der Waals surface area contributed by atoms with Gasteiger partial charge in [-0.05, 0) is 25.1 Å². The molecule has 118 valence electrons. The number of rotatable bonds is 5. The zero-order valence-corrected chi connectivity index (χ0v) is 12.6. The van der Waals surface area contributed by atoms with Gasteiger partial charge in [-0.2, -0.15) is 4.31 Å². The average Bonchev–Trinajstić information content (AvgIpc) is 2.74. The van der Waals surface area contributed by atoms with Crippen LogP contribution in [0.25, 0.3) is 0 Å². The van der Waals surface area contributed by atoms with Gasteiger partial charge in [0.05, 0.1) is 12.3 Å². The zero-order valence-electron chi connectivity index (χ0n) is 11.8. The van der Waals surface area contributed by atoms with Gasteiger partial charge in [-0.3, -0.25) is 10.7 Å². The van der Waals surface area contributed by atoms with E-state index >= 15 is 0 Å². The highest BCUT2D eigenvalue weighted by Gasteiger charge is 2.29. The number of β-amino-alcohol motifs (C(OH)–C–C–N with tert-alkyl or cyclic N) is 1. The number of aromatic nitrogens is 1. The lowest BCUT2D eigenvalue weighted by atomic mass is 10.4. The Morgan fingerprint density at radius 3 is 2.86 bits per heavy atom. The quantitative estimate of drug-likeness (QED) is 0.475. The number of nitrogens with zero attached hydrogens (tertiary/aromatic N) is 3. The maximum Gasteiger partial charge on any atom is 0.262 e. The van der Waals surface area contributed by atoms with E-state index in [1.54, 1.807) is 12.1 Å². The van der Waals surface area contributed by atoms with Gasteiger partial charge in [0.25, 0.3) is 10.0 Å². The Hall–Kier alpha value is -1.26. The molecule has 0 radical (unpaired) electrons. The van der Waals surface area contributed by atoms with Crippen molar-refractivity contribution in [3.63, 3.8) is 0 Å². The summed E-state index contributed by atoms with van der Waals surface area (Å²) in [6.07, 6.45) is 2.15. The molecule has 21 heavy (non-hydrogen) atoms. The summed E-state index contributed by atoms with van der Waals surface area (Å²) in [5, 5.41) is 8.92. The van der Waals surface area contributed by atoms with E-state index in [1.807, 2.05) is 0 Å². The maximum atomic E-state index is 12.7. The molecular formula is C12H21N5O3S. The zero-order chi connectivity index (χ0) is 15.3. The third-order valence-corrected chi connectivity index (χ3v) is 5.33. The fourth-order valence-corrected chi connectivity index (χ4v) is 3.92. The average molecular weight is 315 g/mol. The first-order valence-electron chi connectivity index (χ1n) is 6.84. The second-order valence-electron chi connectivity index (χ2n) is 4.82. The van der Waals surface area contributed by atoms with Crippen LogP contribution in [-0.4, -0.2) is 67.0 Å². The number of sulfonamides is 1. The van der Waals surface area contributed by atoms with E-state index in [2.05, 4.69) is 15.3 Å². The van der Waals surface area contributed by atoms with Crippen molar-refractivity contribution in [3.05, 3.63) is 18.3 Å². The Morgan fingerprint density at radius 1 is 1.33 bits per heavy atom. The van der Waals surface area contributed by atoms with Gasteiger partial charge in [0.1, 0.15) is 0 Å². The molecule has 4 N–H and O–H groups in total. The normalized spacial score (nSPS) is 18.4. The van der Waals surface area contributed by atoms with Gasteiger partial charge in [0.15, 0.2) is 5.03 Å². The van der Waals surface area contributed by atoms with Crippen molar-refractivity contribution in [1.29, 1.82) is 0 Å². The fraction of sp³-hybridized carbons (Fsp3) is 0.583. The number of aliphatic hydroxyl groups excluding tert-OH is 1. The van der Waals surface area contributed by atoms with E-state index in [1.165, 1.54) is 10.5 Å². The smallest absolute Gasteiger partial charge is 0.262 e. The van der Waals surface area contributed by atoms with Crippen LogP contribution in [0.5, 0.6) is 0 Å². The monoisotopic (exact) mass is 315 g/mol. The highest BCUT2D eigenvalue weighted by molar-refractivity contribution is 7.89. The Labute approximate surface area is 124 Å². The first kappa shape index (κ1) is 16.1. The number of hydrazine groups is 1. The Morgan fingerprint density at radius 2 is 2.14 bits per heavy atom. The van der Waals surface area contributed by atoms with Gasteiger partial charge in [-0.1, -0.05) is 0 Å². The van der Waals surface area contributed by atoms with Crippen LogP contribution in [0.2, 0.25) is 0 Å². The number of nitrogens with two attached hydrogens (primary N) is 1. The lowest BCUT2D eigenvalue weighted by Gasteiger charge is -2.21. The number of aliphatic hydroxyl groups is 1. The van der Waals surface area contributed by atoms with Crippen LogP contribution in [0.15, 0.2) is 23.4 Å². The number of nitrogens with one attached hydrogen (secondary N) is 1. The van der Waals surface area contributed by atoms with Crippen molar-refractivity contribution in [2.45, 2.75) is 11.4 Å². The number of anilines is 1. The maximum absolute atomic E-state index is 12.7. The molecule has 9 heteroatoms. The molecule has 1 fully saturated rings. The molecule has 0 aliphatic carbocycles. The molecule has 1 saturated heterocycles. The van der Waals surface area contributed by atoms with Crippen molar-refractivity contribution in [2.75, 3.05) is 44.8 Å². The second-order valence-corrected chi connectivity index (χ2v) is 6.68. The third kappa shape index (κ3) is 3.69. The third-order valence-electron chi connectivity index (χ3n) is 3.47. The first-order chi connectivity index (χ1) is 10.1. The van der Waals surface area contributed by atoms with Gasteiger partial charge >= 0.3 is 0 Å². The summed E-state index contributed by atoms with van der Waals surface area (Å²) in [6, 6.07) is 3.20. The van der Waals surface area contributed by atoms with Crippen molar-refractivity contribution >= 4 is 15.7 Å². The molecular weight excluding hydrogens is 294 g/mol. The summed E-state index contributed by atoms with van der Waals surface area (Å²) in [7, 11) is -3.68. The Kier molecular flexibility index (Phi) is 5.48. The SMILES string of the molecule is NNc1cccnc1S(=O)(=O)N1CCCN(CCO)CC1. The Balaban J connectivity index is 2.19. The van der Waals surface area contributed by atoms with Gasteiger partial charge < -0.3 is 10.5 Å². The van der Waals surface area contributed by atoms with Crippen LogP contribution in [0.3, 0.4) is 0 Å². The molecule has 0 aromatic carbocycles. The van der Waals surface area contributed by atoms with Crippen LogP contribution < -0.4 is 11.3 Å². The van der Waals surface area contributed by atoms with Crippen molar-refractivity contribution in [2.24, 2.45) is 5.84 Å². The molecule has 8 nitrogen and oxygen atoms in total. The largest absolute Gasteiger partial charge is 0.395 e. The molecule has 2 rings (SSSR count).